The number of piperidine rings is 1. The minimum atomic E-state index is -0.515. The zero-order chi connectivity index (χ0) is 24.5. The monoisotopic (exact) mass is 471 g/mol. The lowest BCUT2D eigenvalue weighted by molar-refractivity contribution is 0.209. The first kappa shape index (κ1) is 22.3. The van der Waals surface area contributed by atoms with Crippen molar-refractivity contribution >= 4 is 5.65 Å². The summed E-state index contributed by atoms with van der Waals surface area (Å²) >= 11 is 0. The lowest BCUT2D eigenvalue weighted by Gasteiger charge is -2.29. The quantitative estimate of drug-likeness (QED) is 0.405. The second-order valence-corrected chi connectivity index (χ2v) is 8.50. The summed E-state index contributed by atoms with van der Waals surface area (Å²) in [6, 6.07) is 8.70. The van der Waals surface area contributed by atoms with Gasteiger partial charge in [-0.25, -0.2) is 14.1 Å². The molecule has 176 valence electrons. The average molecular weight is 472 g/mol. The minimum absolute atomic E-state index is 0.0605. The molecule has 0 aliphatic carbocycles. The van der Waals surface area contributed by atoms with Gasteiger partial charge in [0, 0.05) is 18.2 Å². The van der Waals surface area contributed by atoms with Gasteiger partial charge in [-0.15, -0.1) is 5.10 Å². The molecule has 2 atom stereocenters. The smallest absolute Gasteiger partial charge is 0.201 e. The second kappa shape index (κ2) is 9.03. The van der Waals surface area contributed by atoms with E-state index >= 15 is 0 Å². The van der Waals surface area contributed by atoms with Crippen molar-refractivity contribution in [3.05, 3.63) is 59.6 Å². The van der Waals surface area contributed by atoms with Crippen LogP contribution in [0.5, 0.6) is 5.88 Å². The highest BCUT2D eigenvalue weighted by atomic mass is 19.1. The van der Waals surface area contributed by atoms with Gasteiger partial charge in [-0.2, -0.15) is 10.5 Å². The topological polar surface area (TPSA) is 121 Å². The molecule has 5 heterocycles. The van der Waals surface area contributed by atoms with Crippen LogP contribution < -0.4 is 4.74 Å². The van der Waals surface area contributed by atoms with E-state index in [9.17, 15) is 14.9 Å². The molecule has 10 nitrogen and oxygen atoms in total. The summed E-state index contributed by atoms with van der Waals surface area (Å²) in [5.41, 5.74) is 3.66. The Kier molecular flexibility index (Phi) is 5.75. The predicted molar refractivity (Wildman–Crippen MR) is 122 cm³/mol. The van der Waals surface area contributed by atoms with Gasteiger partial charge in [0.2, 0.25) is 5.88 Å². The van der Waals surface area contributed by atoms with E-state index < -0.39 is 11.9 Å². The molecular formula is C24H22FN9O. The van der Waals surface area contributed by atoms with E-state index in [1.54, 1.807) is 28.4 Å². The van der Waals surface area contributed by atoms with Crippen LogP contribution in [-0.2, 0) is 0 Å². The molecule has 0 spiro atoms. The van der Waals surface area contributed by atoms with Crippen LogP contribution in [0.4, 0.5) is 4.39 Å². The van der Waals surface area contributed by atoms with Crippen LogP contribution in [0, 0.1) is 35.5 Å². The maximum Gasteiger partial charge on any atom is 0.201 e. The molecule has 5 rings (SSSR count). The van der Waals surface area contributed by atoms with Crippen molar-refractivity contribution < 1.29 is 9.13 Å². The Morgan fingerprint density at radius 1 is 1.20 bits per heavy atom. The Balaban J connectivity index is 1.54. The van der Waals surface area contributed by atoms with Crippen molar-refractivity contribution in [3.63, 3.8) is 0 Å². The van der Waals surface area contributed by atoms with Crippen molar-refractivity contribution in [3.8, 4) is 29.4 Å². The summed E-state index contributed by atoms with van der Waals surface area (Å²) in [5, 5.41) is 27.7. The fourth-order valence-corrected chi connectivity index (χ4v) is 4.45. The van der Waals surface area contributed by atoms with Gasteiger partial charge >= 0.3 is 0 Å². The van der Waals surface area contributed by atoms with Gasteiger partial charge in [-0.1, -0.05) is 5.21 Å². The van der Waals surface area contributed by atoms with E-state index in [1.807, 2.05) is 17.7 Å². The third kappa shape index (κ3) is 4.13. The van der Waals surface area contributed by atoms with E-state index in [1.165, 1.54) is 12.3 Å². The van der Waals surface area contributed by atoms with Crippen LogP contribution in [-0.4, -0.2) is 47.4 Å². The van der Waals surface area contributed by atoms with E-state index in [0.717, 1.165) is 36.8 Å². The molecule has 1 fully saturated rings. The molecule has 4 aromatic heterocycles. The molecule has 4 aromatic rings. The van der Waals surface area contributed by atoms with Gasteiger partial charge < -0.3 is 9.64 Å². The maximum absolute atomic E-state index is 13.3. The van der Waals surface area contributed by atoms with E-state index in [-0.39, 0.29) is 6.04 Å². The summed E-state index contributed by atoms with van der Waals surface area (Å²) in [4.78, 5) is 10.2. The molecule has 0 saturated carbocycles. The van der Waals surface area contributed by atoms with E-state index in [2.05, 4.69) is 32.5 Å². The zero-order valence-electron chi connectivity index (χ0n) is 19.3. The minimum Gasteiger partial charge on any atom is -0.469 e. The number of nitrogens with zero attached hydrogens (tertiary/aromatic N) is 9. The average Bonchev–Trinajstić information content (AvgIpc) is 3.47. The largest absolute Gasteiger partial charge is 0.469 e. The molecule has 1 aliphatic heterocycles. The first-order valence-electron chi connectivity index (χ1n) is 11.2. The SMILES string of the molecule is Cc1c(-c2cc(O[C@H](C)c3ccc(F)cn3)n3c(C#N)cnc3c2)nnn1[C@@H]1CCCN(C#N)C1. The lowest BCUT2D eigenvalue weighted by Crippen LogP contribution is -2.34. The zero-order valence-corrected chi connectivity index (χ0v) is 19.3. The van der Waals surface area contributed by atoms with Crippen molar-refractivity contribution in [2.24, 2.45) is 0 Å². The molecule has 0 unspecified atom stereocenters. The third-order valence-electron chi connectivity index (χ3n) is 6.24. The van der Waals surface area contributed by atoms with Gasteiger partial charge in [-0.05, 0) is 44.9 Å². The fraction of sp³-hybridized carbons (Fsp3) is 0.333. The van der Waals surface area contributed by atoms with Gasteiger partial charge in [-0.3, -0.25) is 9.38 Å². The Morgan fingerprint density at radius 2 is 2.06 bits per heavy atom. The van der Waals surface area contributed by atoms with Crippen molar-refractivity contribution in [2.45, 2.75) is 38.8 Å². The summed E-state index contributed by atoms with van der Waals surface area (Å²) in [5.74, 6) is -0.0476. The van der Waals surface area contributed by atoms with Gasteiger partial charge in [0.15, 0.2) is 6.19 Å². The molecule has 0 radical (unpaired) electrons. The molecule has 11 heteroatoms. The number of fused-ring (bicyclic) bond motifs is 1. The Bertz CT molecular complexity index is 1460. The normalized spacial score (nSPS) is 16.6. The van der Waals surface area contributed by atoms with Crippen LogP contribution >= 0.6 is 0 Å². The number of pyridine rings is 2. The van der Waals surface area contributed by atoms with Crippen molar-refractivity contribution in [2.75, 3.05) is 13.1 Å². The summed E-state index contributed by atoms with van der Waals surface area (Å²) < 4.78 is 23.0. The molecule has 0 N–H and O–H groups in total. The van der Waals surface area contributed by atoms with Gasteiger partial charge in [0.05, 0.1) is 36.4 Å². The van der Waals surface area contributed by atoms with Crippen LogP contribution in [0.25, 0.3) is 16.9 Å². The molecule has 0 bridgehead atoms. The number of hydrogen-bond donors (Lipinski definition) is 0. The van der Waals surface area contributed by atoms with Crippen LogP contribution in [0.1, 0.15) is 49.0 Å². The standard InChI is InChI=1S/C24H22FN9O/c1-15-24(30-31-34(15)19-4-3-7-32(13-19)14-27)17-8-22-29-12-20(10-26)33(22)23(9-17)35-16(2)21-6-5-18(25)11-28-21/h5-6,8-9,11-12,16,19H,3-4,7,13H2,1-2H3/t16-,19-/m1/s1. The van der Waals surface area contributed by atoms with Crippen LogP contribution in [0.3, 0.4) is 0 Å². The molecule has 0 amide bonds. The number of hydrogen-bond acceptors (Lipinski definition) is 8. The number of imidazole rings is 1. The predicted octanol–water partition coefficient (Wildman–Crippen LogP) is 3.56. The first-order chi connectivity index (χ1) is 17.0. The fourth-order valence-electron chi connectivity index (χ4n) is 4.45. The van der Waals surface area contributed by atoms with E-state index in [4.69, 9.17) is 4.74 Å². The first-order valence-corrected chi connectivity index (χ1v) is 11.2. The lowest BCUT2D eigenvalue weighted by atomic mass is 10.1. The molecular weight excluding hydrogens is 449 g/mol. The number of ether oxygens (including phenoxy) is 1. The number of halogens is 1. The van der Waals surface area contributed by atoms with Gasteiger partial charge in [0.1, 0.15) is 35.0 Å². The third-order valence-corrected chi connectivity index (χ3v) is 6.24. The van der Waals surface area contributed by atoms with Crippen LogP contribution in [0.2, 0.25) is 0 Å². The highest BCUT2D eigenvalue weighted by molar-refractivity contribution is 5.68. The number of rotatable bonds is 5. The number of aromatic nitrogens is 6. The molecule has 1 aliphatic rings. The molecule has 35 heavy (non-hydrogen) atoms. The van der Waals surface area contributed by atoms with Crippen LogP contribution in [0.15, 0.2) is 36.7 Å². The molecule has 0 aromatic carbocycles. The summed E-state index contributed by atoms with van der Waals surface area (Å²) in [6.45, 7) is 5.10. The molecule has 1 saturated heterocycles. The highest BCUT2D eigenvalue weighted by Gasteiger charge is 2.25. The Morgan fingerprint density at radius 3 is 2.80 bits per heavy atom. The Labute approximate surface area is 200 Å². The van der Waals surface area contributed by atoms with Crippen molar-refractivity contribution in [1.82, 2.24) is 34.3 Å². The summed E-state index contributed by atoms with van der Waals surface area (Å²) in [6.07, 6.45) is 6.16. The highest BCUT2D eigenvalue weighted by Crippen LogP contribution is 2.32. The van der Waals surface area contributed by atoms with Gasteiger partial charge in [0.25, 0.3) is 0 Å². The maximum atomic E-state index is 13.3. The Hall–Kier alpha value is -4.51. The summed E-state index contributed by atoms with van der Waals surface area (Å²) in [7, 11) is 0. The number of nitriles is 2. The van der Waals surface area contributed by atoms with E-state index in [0.29, 0.717) is 35.2 Å². The second-order valence-electron chi connectivity index (χ2n) is 8.50. The van der Waals surface area contributed by atoms with Crippen molar-refractivity contribution in [1.29, 1.82) is 10.5 Å². The number of likely N-dealkylation sites (tertiary alicyclic amines) is 1.